The molecule has 4 aromatic carbocycles. The van der Waals surface area contributed by atoms with Crippen molar-refractivity contribution >= 4 is 57.5 Å². The highest BCUT2D eigenvalue weighted by Crippen LogP contribution is 2.52. The number of benzene rings is 4. The molecule has 2 aliphatic rings. The van der Waals surface area contributed by atoms with E-state index in [1.165, 1.54) is 20.8 Å². The fourth-order valence-corrected chi connectivity index (χ4v) is 15.3. The summed E-state index contributed by atoms with van der Waals surface area (Å²) in [6.45, 7) is 0. The first-order valence-electron chi connectivity index (χ1n) is 13.8. The average molecular weight is 561 g/mol. The van der Waals surface area contributed by atoms with Crippen molar-refractivity contribution in [3.63, 3.8) is 0 Å². The van der Waals surface area contributed by atoms with Crippen LogP contribution in [0.25, 0.3) is 10.8 Å². The van der Waals surface area contributed by atoms with Crippen molar-refractivity contribution < 1.29 is 4.57 Å². The quantitative estimate of drug-likeness (QED) is 0.238. The largest absolute Gasteiger partial charge is 0.308 e. The molecule has 0 saturated heterocycles. The molecule has 194 valence electrons. The summed E-state index contributed by atoms with van der Waals surface area (Å²) in [5.41, 5.74) is 3.83. The van der Waals surface area contributed by atoms with Gasteiger partial charge in [0.05, 0.1) is 11.4 Å². The Morgan fingerprint density at radius 1 is 0.512 bits per heavy atom. The van der Waals surface area contributed by atoms with E-state index in [1.54, 1.807) is 0 Å². The molecule has 0 bridgehead atoms. The molecule has 0 saturated carbocycles. The van der Waals surface area contributed by atoms with Crippen LogP contribution < -0.4 is 31.5 Å². The molecule has 1 unspecified atom stereocenters. The monoisotopic (exact) mass is 560 g/mol. The Labute approximate surface area is 240 Å². The second-order valence-corrected chi connectivity index (χ2v) is 16.9. The maximum absolute atomic E-state index is 15.8. The van der Waals surface area contributed by atoms with Crippen LogP contribution in [0.2, 0.25) is 0 Å². The van der Waals surface area contributed by atoms with Crippen molar-refractivity contribution in [2.24, 2.45) is 0 Å². The highest BCUT2D eigenvalue weighted by Gasteiger charge is 2.55. The van der Waals surface area contributed by atoms with Gasteiger partial charge in [-0.25, -0.2) is 0 Å². The van der Waals surface area contributed by atoms with Gasteiger partial charge in [0, 0.05) is 33.9 Å². The fourth-order valence-electron chi connectivity index (χ4n) is 6.90. The Hall–Kier alpha value is -4.63. The molecular weight excluding hydrogens is 535 g/mol. The summed E-state index contributed by atoms with van der Waals surface area (Å²) in [5.74, 6) is 0. The van der Waals surface area contributed by atoms with Gasteiger partial charge in [-0.2, -0.15) is 0 Å². The first kappa shape index (κ1) is 24.2. The first-order chi connectivity index (χ1) is 20.3. The molecule has 0 amide bonds. The first-order valence-corrected chi connectivity index (χ1v) is 17.5. The number of aromatic nitrogens is 2. The van der Waals surface area contributed by atoms with E-state index >= 15 is 4.57 Å². The highest BCUT2D eigenvalue weighted by molar-refractivity contribution is 7.85. The molecule has 0 aliphatic carbocycles. The van der Waals surface area contributed by atoms with E-state index in [2.05, 4.69) is 84.9 Å². The van der Waals surface area contributed by atoms with Gasteiger partial charge < -0.3 is 4.57 Å². The zero-order valence-electron chi connectivity index (χ0n) is 22.2. The summed E-state index contributed by atoms with van der Waals surface area (Å²) in [7, 11) is -6.27. The lowest BCUT2D eigenvalue weighted by Gasteiger charge is -2.34. The van der Waals surface area contributed by atoms with Gasteiger partial charge in [0.15, 0.2) is 15.2 Å². The van der Waals surface area contributed by atoms with Gasteiger partial charge in [-0.1, -0.05) is 115 Å². The molecule has 8 rings (SSSR count). The molecule has 0 spiro atoms. The molecule has 6 aromatic rings. The molecule has 4 heterocycles. The standard InChI is InChI=1S/C36H25N2OPSi/c39-40(26-14-4-1-5-15-26)30-21-12-24-37-34(30)33-29-20-10-11-23-32(29)41(27-16-6-2-7-17-27,28-18-8-3-9-19-28)36(33)35-31(40)22-13-25-38-35/h1-25H. The number of rotatable bonds is 3. The van der Waals surface area contributed by atoms with Crippen LogP contribution in [0.1, 0.15) is 17.0 Å². The zero-order valence-corrected chi connectivity index (χ0v) is 24.1. The van der Waals surface area contributed by atoms with Crippen LogP contribution >= 0.6 is 7.14 Å². The minimum atomic E-state index is -3.34. The summed E-state index contributed by atoms with van der Waals surface area (Å²) in [4.78, 5) is 10.2. The summed E-state index contributed by atoms with van der Waals surface area (Å²) >= 11 is 0. The van der Waals surface area contributed by atoms with Gasteiger partial charge in [-0.15, -0.1) is 0 Å². The molecule has 0 N–H and O–H groups in total. The maximum atomic E-state index is 15.8. The lowest BCUT2D eigenvalue weighted by molar-refractivity contribution is 0.592. The van der Waals surface area contributed by atoms with E-state index in [4.69, 9.17) is 9.97 Å². The zero-order chi connectivity index (χ0) is 27.4. The normalized spacial score (nSPS) is 18.0. The summed E-state index contributed by atoms with van der Waals surface area (Å²) < 4.78 is 15.8. The number of pyridine rings is 2. The number of hydrogen-bond donors (Lipinski definition) is 0. The van der Waals surface area contributed by atoms with Crippen LogP contribution in [0.15, 0.2) is 152 Å². The average Bonchev–Trinajstić information content (AvgIpc) is 3.32. The molecule has 1 atom stereocenters. The van der Waals surface area contributed by atoms with E-state index in [-0.39, 0.29) is 0 Å². The summed E-state index contributed by atoms with van der Waals surface area (Å²) in [6.07, 6.45) is 3.68. The van der Waals surface area contributed by atoms with Gasteiger partial charge >= 0.3 is 0 Å². The fraction of sp³-hybridized carbons (Fsp3) is 0. The number of nitrogens with zero attached hydrogens (tertiary/aromatic N) is 2. The topological polar surface area (TPSA) is 42.9 Å². The van der Waals surface area contributed by atoms with Crippen molar-refractivity contribution in [3.8, 4) is 0 Å². The van der Waals surface area contributed by atoms with E-state index in [0.717, 1.165) is 38.4 Å². The molecule has 0 fully saturated rings. The molecule has 41 heavy (non-hydrogen) atoms. The van der Waals surface area contributed by atoms with E-state index in [9.17, 15) is 0 Å². The molecule has 5 heteroatoms. The van der Waals surface area contributed by atoms with Crippen molar-refractivity contribution in [1.82, 2.24) is 9.97 Å². The Bertz CT molecular complexity index is 1980. The van der Waals surface area contributed by atoms with E-state index in [0.29, 0.717) is 0 Å². The third kappa shape index (κ3) is 3.23. The van der Waals surface area contributed by atoms with Crippen LogP contribution in [-0.2, 0) is 4.57 Å². The van der Waals surface area contributed by atoms with Crippen LogP contribution in [0.4, 0.5) is 0 Å². The smallest absolute Gasteiger partial charge is 0.183 e. The SMILES string of the molecule is O=P1(c2ccccc2)c2cccnc2C2=C(c3ncccc31)[Si](c1ccccc1)(c1ccccc1)c1ccccc12. The van der Waals surface area contributed by atoms with Gasteiger partial charge in [-0.3, -0.25) is 9.97 Å². The Kier molecular flexibility index (Phi) is 5.43. The van der Waals surface area contributed by atoms with Crippen LogP contribution in [-0.4, -0.2) is 18.0 Å². The van der Waals surface area contributed by atoms with E-state index in [1.807, 2.05) is 67.0 Å². The summed E-state index contributed by atoms with van der Waals surface area (Å²) in [6, 6.07) is 48.2. The number of fused-ring (bicyclic) bond motifs is 6. The third-order valence-corrected chi connectivity index (χ3v) is 16.5. The molecular formula is C36H25N2OPSi. The Morgan fingerprint density at radius 2 is 1.02 bits per heavy atom. The molecule has 0 radical (unpaired) electrons. The van der Waals surface area contributed by atoms with E-state index < -0.39 is 15.2 Å². The maximum Gasteiger partial charge on any atom is 0.183 e. The van der Waals surface area contributed by atoms with Crippen LogP contribution in [0.3, 0.4) is 0 Å². The number of hydrogen-bond acceptors (Lipinski definition) is 3. The Balaban J connectivity index is 1.63. The highest BCUT2D eigenvalue weighted by atomic mass is 31.2. The third-order valence-electron chi connectivity index (χ3n) is 8.48. The summed E-state index contributed by atoms with van der Waals surface area (Å²) in [5, 5.41) is 7.37. The predicted molar refractivity (Wildman–Crippen MR) is 171 cm³/mol. The van der Waals surface area contributed by atoms with Gasteiger partial charge in [0.2, 0.25) is 0 Å². The van der Waals surface area contributed by atoms with Gasteiger partial charge in [-0.05, 0) is 50.6 Å². The van der Waals surface area contributed by atoms with Crippen LogP contribution in [0, 0.1) is 0 Å². The lowest BCUT2D eigenvalue weighted by atomic mass is 10.0. The minimum absolute atomic E-state index is 0.770. The lowest BCUT2D eigenvalue weighted by Crippen LogP contribution is -2.67. The molecule has 3 nitrogen and oxygen atoms in total. The second kappa shape index (κ2) is 9.20. The van der Waals surface area contributed by atoms with Gasteiger partial charge in [0.1, 0.15) is 0 Å². The molecule has 2 aliphatic heterocycles. The second-order valence-electron chi connectivity index (χ2n) is 10.5. The van der Waals surface area contributed by atoms with Gasteiger partial charge in [0.25, 0.3) is 0 Å². The van der Waals surface area contributed by atoms with Crippen molar-refractivity contribution in [2.45, 2.75) is 0 Å². The van der Waals surface area contributed by atoms with Crippen molar-refractivity contribution in [3.05, 3.63) is 169 Å². The van der Waals surface area contributed by atoms with Crippen molar-refractivity contribution in [1.29, 1.82) is 0 Å². The Morgan fingerprint density at radius 3 is 1.66 bits per heavy atom. The van der Waals surface area contributed by atoms with Crippen molar-refractivity contribution in [2.75, 3.05) is 0 Å². The predicted octanol–water partition coefficient (Wildman–Crippen LogP) is 4.41. The minimum Gasteiger partial charge on any atom is -0.308 e. The van der Waals surface area contributed by atoms with Crippen LogP contribution in [0.5, 0.6) is 0 Å². The molecule has 2 aromatic heterocycles.